The van der Waals surface area contributed by atoms with Crippen molar-refractivity contribution in [3.63, 3.8) is 0 Å². The Labute approximate surface area is 131 Å². The molecule has 4 nitrogen and oxygen atoms in total. The molecule has 0 heterocycles. The van der Waals surface area contributed by atoms with Crippen molar-refractivity contribution in [2.24, 2.45) is 0 Å². The van der Waals surface area contributed by atoms with Crippen LogP contribution in [0.3, 0.4) is 0 Å². The van der Waals surface area contributed by atoms with E-state index in [4.69, 9.17) is 9.47 Å². The van der Waals surface area contributed by atoms with Crippen LogP contribution in [0.1, 0.15) is 15.9 Å². The highest BCUT2D eigenvalue weighted by molar-refractivity contribution is 5.94. The predicted octanol–water partition coefficient (Wildman–Crippen LogP) is 3.02. The lowest BCUT2D eigenvalue weighted by Gasteiger charge is -2.18. The van der Waals surface area contributed by atoms with E-state index >= 15 is 0 Å². The van der Waals surface area contributed by atoms with Crippen molar-refractivity contribution in [2.45, 2.75) is 6.42 Å². The molecule has 0 saturated carbocycles. The zero-order valence-electron chi connectivity index (χ0n) is 13.2. The lowest BCUT2D eigenvalue weighted by Crippen LogP contribution is -2.28. The van der Waals surface area contributed by atoms with E-state index in [0.717, 1.165) is 6.42 Å². The van der Waals surface area contributed by atoms with Crippen LogP contribution in [0.4, 0.5) is 0 Å². The van der Waals surface area contributed by atoms with E-state index in [1.165, 1.54) is 5.56 Å². The van der Waals surface area contributed by atoms with Gasteiger partial charge in [-0.3, -0.25) is 4.79 Å². The van der Waals surface area contributed by atoms with Crippen LogP contribution < -0.4 is 9.47 Å². The number of rotatable bonds is 6. The van der Waals surface area contributed by atoms with Gasteiger partial charge in [0.1, 0.15) is 0 Å². The monoisotopic (exact) mass is 299 g/mol. The second-order valence-corrected chi connectivity index (χ2v) is 5.03. The average Bonchev–Trinajstić information content (AvgIpc) is 2.59. The number of carbonyl (C=O) groups excluding carboxylic acids is 1. The van der Waals surface area contributed by atoms with Gasteiger partial charge in [-0.25, -0.2) is 0 Å². The maximum absolute atomic E-state index is 12.5. The van der Waals surface area contributed by atoms with Crippen molar-refractivity contribution >= 4 is 5.91 Å². The van der Waals surface area contributed by atoms with Gasteiger partial charge in [-0.05, 0) is 30.2 Å². The highest BCUT2D eigenvalue weighted by Gasteiger charge is 2.14. The van der Waals surface area contributed by atoms with Crippen LogP contribution in [0.25, 0.3) is 0 Å². The van der Waals surface area contributed by atoms with Crippen molar-refractivity contribution in [1.82, 2.24) is 4.90 Å². The molecule has 0 fully saturated rings. The number of nitrogens with zero attached hydrogens (tertiary/aromatic N) is 1. The smallest absolute Gasteiger partial charge is 0.253 e. The van der Waals surface area contributed by atoms with Gasteiger partial charge in [0.15, 0.2) is 11.5 Å². The van der Waals surface area contributed by atoms with Gasteiger partial charge in [0.2, 0.25) is 0 Å². The second kappa shape index (κ2) is 7.50. The highest BCUT2D eigenvalue weighted by Crippen LogP contribution is 2.27. The molecule has 0 N–H and O–H groups in total. The maximum Gasteiger partial charge on any atom is 0.253 e. The van der Waals surface area contributed by atoms with Crippen molar-refractivity contribution in [3.8, 4) is 11.5 Å². The van der Waals surface area contributed by atoms with E-state index in [-0.39, 0.29) is 5.91 Å². The number of ether oxygens (including phenoxy) is 2. The Morgan fingerprint density at radius 3 is 2.32 bits per heavy atom. The van der Waals surface area contributed by atoms with Crippen molar-refractivity contribution < 1.29 is 14.3 Å². The molecule has 116 valence electrons. The fourth-order valence-corrected chi connectivity index (χ4v) is 2.23. The summed E-state index contributed by atoms with van der Waals surface area (Å²) in [6.45, 7) is 0.664. The summed E-state index contributed by atoms with van der Waals surface area (Å²) in [6.07, 6.45) is 0.830. The molecule has 2 rings (SSSR count). The zero-order valence-corrected chi connectivity index (χ0v) is 13.2. The van der Waals surface area contributed by atoms with Crippen LogP contribution in [0.5, 0.6) is 11.5 Å². The molecular formula is C18H21NO3. The summed E-state index contributed by atoms with van der Waals surface area (Å²) in [6, 6.07) is 15.3. The Bertz CT molecular complexity index is 625. The van der Waals surface area contributed by atoms with Gasteiger partial charge >= 0.3 is 0 Å². The topological polar surface area (TPSA) is 38.8 Å². The molecule has 0 aliphatic carbocycles. The fraction of sp³-hybridized carbons (Fsp3) is 0.278. The van der Waals surface area contributed by atoms with Crippen LogP contribution in [0.2, 0.25) is 0 Å². The van der Waals surface area contributed by atoms with Gasteiger partial charge < -0.3 is 14.4 Å². The summed E-state index contributed by atoms with van der Waals surface area (Å²) in [4.78, 5) is 14.2. The first-order chi connectivity index (χ1) is 10.7. The van der Waals surface area contributed by atoms with Gasteiger partial charge in [-0.1, -0.05) is 30.3 Å². The van der Waals surface area contributed by atoms with Gasteiger partial charge in [0, 0.05) is 19.2 Å². The minimum atomic E-state index is -0.0307. The molecule has 0 spiro atoms. The Balaban J connectivity index is 2.04. The fourth-order valence-electron chi connectivity index (χ4n) is 2.23. The van der Waals surface area contributed by atoms with E-state index in [2.05, 4.69) is 12.1 Å². The van der Waals surface area contributed by atoms with Crippen LogP contribution in [-0.4, -0.2) is 38.6 Å². The summed E-state index contributed by atoms with van der Waals surface area (Å²) in [5.41, 5.74) is 1.81. The minimum absolute atomic E-state index is 0.0307. The SMILES string of the molecule is COc1ccc(C(=O)N(C)CCc2ccccc2)cc1OC. The lowest BCUT2D eigenvalue weighted by atomic mass is 10.1. The highest BCUT2D eigenvalue weighted by atomic mass is 16.5. The third-order valence-corrected chi connectivity index (χ3v) is 3.56. The molecule has 1 amide bonds. The number of methoxy groups -OCH3 is 2. The molecule has 0 aromatic heterocycles. The van der Waals surface area contributed by atoms with Crippen LogP contribution in [0, 0.1) is 0 Å². The van der Waals surface area contributed by atoms with Gasteiger partial charge in [0.05, 0.1) is 14.2 Å². The predicted molar refractivity (Wildman–Crippen MR) is 86.7 cm³/mol. The number of hydrogen-bond donors (Lipinski definition) is 0. The molecule has 2 aromatic carbocycles. The van der Waals surface area contributed by atoms with Crippen LogP contribution >= 0.6 is 0 Å². The second-order valence-electron chi connectivity index (χ2n) is 5.03. The van der Waals surface area contributed by atoms with Crippen LogP contribution in [-0.2, 0) is 6.42 Å². The zero-order chi connectivity index (χ0) is 15.9. The van der Waals surface area contributed by atoms with E-state index in [1.807, 2.05) is 25.2 Å². The number of likely N-dealkylation sites (N-methyl/N-ethyl adjacent to an activating group) is 1. The molecular weight excluding hydrogens is 278 g/mol. The normalized spacial score (nSPS) is 10.1. The quantitative estimate of drug-likeness (QED) is 0.823. The van der Waals surface area contributed by atoms with Gasteiger partial charge in [-0.2, -0.15) is 0 Å². The average molecular weight is 299 g/mol. The molecule has 0 unspecified atom stereocenters. The molecule has 0 bridgehead atoms. The first kappa shape index (κ1) is 15.9. The van der Waals surface area contributed by atoms with E-state index < -0.39 is 0 Å². The van der Waals surface area contributed by atoms with Crippen LogP contribution in [0.15, 0.2) is 48.5 Å². The molecule has 0 radical (unpaired) electrons. The third-order valence-electron chi connectivity index (χ3n) is 3.56. The Morgan fingerprint density at radius 1 is 1.00 bits per heavy atom. The summed E-state index contributed by atoms with van der Waals surface area (Å²) in [5, 5.41) is 0. The Hall–Kier alpha value is -2.49. The van der Waals surface area contributed by atoms with Gasteiger partial charge in [0.25, 0.3) is 5.91 Å². The minimum Gasteiger partial charge on any atom is -0.493 e. The molecule has 0 saturated heterocycles. The first-order valence-corrected chi connectivity index (χ1v) is 7.17. The largest absolute Gasteiger partial charge is 0.493 e. The number of hydrogen-bond acceptors (Lipinski definition) is 3. The number of carbonyl (C=O) groups is 1. The number of benzene rings is 2. The summed E-state index contributed by atoms with van der Waals surface area (Å²) < 4.78 is 10.4. The summed E-state index contributed by atoms with van der Waals surface area (Å²) in [5.74, 6) is 1.15. The van der Waals surface area contributed by atoms with E-state index in [0.29, 0.717) is 23.6 Å². The standard InChI is InChI=1S/C18H21NO3/c1-19(12-11-14-7-5-4-6-8-14)18(20)15-9-10-16(21-2)17(13-15)22-3/h4-10,13H,11-12H2,1-3H3. The lowest BCUT2D eigenvalue weighted by molar-refractivity contribution is 0.0796. The third kappa shape index (κ3) is 3.79. The van der Waals surface area contributed by atoms with Crippen molar-refractivity contribution in [3.05, 3.63) is 59.7 Å². The van der Waals surface area contributed by atoms with Crippen molar-refractivity contribution in [1.29, 1.82) is 0 Å². The van der Waals surface area contributed by atoms with E-state index in [9.17, 15) is 4.79 Å². The summed E-state index contributed by atoms with van der Waals surface area (Å²) >= 11 is 0. The molecule has 2 aromatic rings. The molecule has 0 atom stereocenters. The maximum atomic E-state index is 12.5. The van der Waals surface area contributed by atoms with Crippen molar-refractivity contribution in [2.75, 3.05) is 27.8 Å². The number of amides is 1. The Kier molecular flexibility index (Phi) is 5.42. The van der Waals surface area contributed by atoms with E-state index in [1.54, 1.807) is 37.3 Å². The molecule has 4 heteroatoms. The first-order valence-electron chi connectivity index (χ1n) is 7.17. The molecule has 0 aliphatic rings. The molecule has 22 heavy (non-hydrogen) atoms. The Morgan fingerprint density at radius 2 is 1.68 bits per heavy atom. The summed E-state index contributed by atoms with van der Waals surface area (Å²) in [7, 11) is 4.94. The van der Waals surface area contributed by atoms with Gasteiger partial charge in [-0.15, -0.1) is 0 Å². The molecule has 0 aliphatic heterocycles.